The van der Waals surface area contributed by atoms with Crippen LogP contribution in [0.1, 0.15) is 36.1 Å². The first-order valence-electron chi connectivity index (χ1n) is 8.29. The van der Waals surface area contributed by atoms with E-state index < -0.39 is 10.0 Å². The van der Waals surface area contributed by atoms with E-state index in [9.17, 15) is 8.42 Å². The van der Waals surface area contributed by atoms with Crippen molar-refractivity contribution < 1.29 is 13.2 Å². The summed E-state index contributed by atoms with van der Waals surface area (Å²) in [6.45, 7) is 10.00. The molecule has 0 saturated carbocycles. The Balaban J connectivity index is 2.23. The van der Waals surface area contributed by atoms with E-state index in [2.05, 4.69) is 4.72 Å². The van der Waals surface area contributed by atoms with Crippen molar-refractivity contribution in [2.45, 2.75) is 44.9 Å². The molecule has 0 aliphatic heterocycles. The molecule has 0 aliphatic carbocycles. The molecule has 0 aliphatic rings. The van der Waals surface area contributed by atoms with E-state index in [4.69, 9.17) is 4.74 Å². The molecule has 0 bridgehead atoms. The molecule has 0 aromatic heterocycles. The zero-order chi connectivity index (χ0) is 18.8. The standard InChI is InChI=1S/C20H27NO3S/c1-14-11-15(2)19(16(3)12-14)25(22,23)21-13-20(4,5)17-7-9-18(24-6)10-8-17/h7-12,21H,13H2,1-6H3. The van der Waals surface area contributed by atoms with Gasteiger partial charge in [0.25, 0.3) is 0 Å². The molecule has 136 valence electrons. The van der Waals surface area contributed by atoms with Crippen LogP contribution in [0.3, 0.4) is 0 Å². The molecular weight excluding hydrogens is 334 g/mol. The minimum atomic E-state index is -3.57. The maximum Gasteiger partial charge on any atom is 0.241 e. The van der Waals surface area contributed by atoms with Crippen molar-refractivity contribution in [3.63, 3.8) is 0 Å². The summed E-state index contributed by atoms with van der Waals surface area (Å²) in [6.07, 6.45) is 0. The molecule has 4 nitrogen and oxygen atoms in total. The Morgan fingerprint density at radius 1 is 1.00 bits per heavy atom. The highest BCUT2D eigenvalue weighted by molar-refractivity contribution is 7.89. The monoisotopic (exact) mass is 361 g/mol. The normalized spacial score (nSPS) is 12.2. The molecule has 0 radical (unpaired) electrons. The fraction of sp³-hybridized carbons (Fsp3) is 0.400. The smallest absolute Gasteiger partial charge is 0.241 e. The topological polar surface area (TPSA) is 55.4 Å². The predicted molar refractivity (Wildman–Crippen MR) is 102 cm³/mol. The van der Waals surface area contributed by atoms with E-state index in [1.165, 1.54) is 0 Å². The van der Waals surface area contributed by atoms with E-state index in [0.29, 0.717) is 11.4 Å². The minimum absolute atomic E-state index is 0.314. The first-order chi connectivity index (χ1) is 11.6. The van der Waals surface area contributed by atoms with Crippen LogP contribution in [0.25, 0.3) is 0 Å². The second-order valence-corrected chi connectivity index (χ2v) is 8.87. The van der Waals surface area contributed by atoms with Crippen LogP contribution in [0.2, 0.25) is 0 Å². The molecule has 0 atom stereocenters. The second-order valence-electron chi connectivity index (χ2n) is 7.16. The van der Waals surface area contributed by atoms with Gasteiger partial charge in [0.2, 0.25) is 10.0 Å². The predicted octanol–water partition coefficient (Wildman–Crippen LogP) is 3.88. The van der Waals surface area contributed by atoms with Crippen LogP contribution in [0.15, 0.2) is 41.3 Å². The number of hydrogen-bond acceptors (Lipinski definition) is 3. The number of hydrogen-bond donors (Lipinski definition) is 1. The lowest BCUT2D eigenvalue weighted by Gasteiger charge is -2.26. The molecule has 0 amide bonds. The summed E-state index contributed by atoms with van der Waals surface area (Å²) in [6, 6.07) is 11.5. The van der Waals surface area contributed by atoms with E-state index in [1.807, 2.05) is 71.0 Å². The van der Waals surface area contributed by atoms with Gasteiger partial charge in [-0.25, -0.2) is 13.1 Å². The van der Waals surface area contributed by atoms with Crippen LogP contribution < -0.4 is 9.46 Å². The van der Waals surface area contributed by atoms with Crippen molar-refractivity contribution in [2.24, 2.45) is 0 Å². The molecule has 25 heavy (non-hydrogen) atoms. The van der Waals surface area contributed by atoms with Gasteiger partial charge < -0.3 is 4.74 Å². The molecule has 2 aromatic carbocycles. The maximum atomic E-state index is 12.8. The first-order valence-corrected chi connectivity index (χ1v) is 9.77. The van der Waals surface area contributed by atoms with Crippen LogP contribution in [0, 0.1) is 20.8 Å². The summed E-state index contributed by atoms with van der Waals surface area (Å²) in [5, 5.41) is 0. The third-order valence-electron chi connectivity index (χ3n) is 4.45. The van der Waals surface area contributed by atoms with Gasteiger partial charge in [0.1, 0.15) is 5.75 Å². The number of methoxy groups -OCH3 is 1. The molecule has 2 aromatic rings. The number of ether oxygens (including phenoxy) is 1. The van der Waals surface area contributed by atoms with Gasteiger partial charge in [-0.1, -0.05) is 43.7 Å². The van der Waals surface area contributed by atoms with E-state index in [0.717, 1.165) is 28.0 Å². The highest BCUT2D eigenvalue weighted by Gasteiger charge is 2.26. The lowest BCUT2D eigenvalue weighted by atomic mass is 9.85. The van der Waals surface area contributed by atoms with Gasteiger partial charge in [-0.05, 0) is 49.6 Å². The van der Waals surface area contributed by atoms with E-state index >= 15 is 0 Å². The summed E-state index contributed by atoms with van der Waals surface area (Å²) < 4.78 is 33.6. The lowest BCUT2D eigenvalue weighted by Crippen LogP contribution is -2.37. The summed E-state index contributed by atoms with van der Waals surface area (Å²) in [5.41, 5.74) is 3.31. The quantitative estimate of drug-likeness (QED) is 0.849. The molecule has 0 unspecified atom stereocenters. The summed E-state index contributed by atoms with van der Waals surface area (Å²) in [5.74, 6) is 0.783. The lowest BCUT2D eigenvalue weighted by molar-refractivity contribution is 0.414. The Kier molecular flexibility index (Phi) is 5.59. The molecular formula is C20H27NO3S. The van der Waals surface area contributed by atoms with Crippen molar-refractivity contribution >= 4 is 10.0 Å². The first kappa shape index (κ1) is 19.5. The summed E-state index contributed by atoms with van der Waals surface area (Å²) in [7, 11) is -1.94. The number of rotatable bonds is 6. The number of sulfonamides is 1. The number of benzene rings is 2. The van der Waals surface area contributed by atoms with Gasteiger partial charge in [0.15, 0.2) is 0 Å². The maximum absolute atomic E-state index is 12.8. The molecule has 5 heteroatoms. The molecule has 0 saturated heterocycles. The molecule has 0 fully saturated rings. The van der Waals surface area contributed by atoms with Crippen molar-refractivity contribution in [3.8, 4) is 5.75 Å². The number of nitrogens with one attached hydrogen (secondary N) is 1. The Morgan fingerprint density at radius 2 is 1.52 bits per heavy atom. The van der Waals surface area contributed by atoms with Crippen LogP contribution in [-0.4, -0.2) is 22.1 Å². The fourth-order valence-electron chi connectivity index (χ4n) is 3.08. The third kappa shape index (κ3) is 4.41. The van der Waals surface area contributed by atoms with Gasteiger partial charge in [-0.15, -0.1) is 0 Å². The minimum Gasteiger partial charge on any atom is -0.497 e. The van der Waals surface area contributed by atoms with Crippen LogP contribution >= 0.6 is 0 Å². The Labute approximate surface area is 151 Å². The average Bonchev–Trinajstić information content (AvgIpc) is 2.52. The average molecular weight is 362 g/mol. The zero-order valence-electron chi connectivity index (χ0n) is 15.8. The van der Waals surface area contributed by atoms with Crippen molar-refractivity contribution in [2.75, 3.05) is 13.7 Å². The summed E-state index contributed by atoms with van der Waals surface area (Å²) in [4.78, 5) is 0.378. The molecule has 0 heterocycles. The molecule has 0 spiro atoms. The van der Waals surface area contributed by atoms with Gasteiger partial charge in [0, 0.05) is 12.0 Å². The third-order valence-corrected chi connectivity index (χ3v) is 6.15. The van der Waals surface area contributed by atoms with Crippen molar-refractivity contribution in [1.29, 1.82) is 0 Å². The Bertz CT molecular complexity index is 830. The zero-order valence-corrected chi connectivity index (χ0v) is 16.6. The van der Waals surface area contributed by atoms with Gasteiger partial charge in [0.05, 0.1) is 12.0 Å². The van der Waals surface area contributed by atoms with Crippen LogP contribution in [0.5, 0.6) is 5.75 Å². The fourth-order valence-corrected chi connectivity index (χ4v) is 4.74. The van der Waals surface area contributed by atoms with Crippen LogP contribution in [-0.2, 0) is 15.4 Å². The van der Waals surface area contributed by atoms with E-state index in [-0.39, 0.29) is 5.41 Å². The Morgan fingerprint density at radius 3 is 2.00 bits per heavy atom. The van der Waals surface area contributed by atoms with Crippen LogP contribution in [0.4, 0.5) is 0 Å². The highest BCUT2D eigenvalue weighted by atomic mass is 32.2. The number of aryl methyl sites for hydroxylation is 3. The van der Waals surface area contributed by atoms with Gasteiger partial charge >= 0.3 is 0 Å². The summed E-state index contributed by atoms with van der Waals surface area (Å²) >= 11 is 0. The van der Waals surface area contributed by atoms with Gasteiger partial charge in [-0.3, -0.25) is 0 Å². The molecule has 1 N–H and O–H groups in total. The SMILES string of the molecule is COc1ccc(C(C)(C)CNS(=O)(=O)c2c(C)cc(C)cc2C)cc1. The van der Waals surface area contributed by atoms with Crippen molar-refractivity contribution in [3.05, 3.63) is 58.7 Å². The molecule has 2 rings (SSSR count). The van der Waals surface area contributed by atoms with Gasteiger partial charge in [-0.2, -0.15) is 0 Å². The highest BCUT2D eigenvalue weighted by Crippen LogP contribution is 2.26. The largest absolute Gasteiger partial charge is 0.497 e. The van der Waals surface area contributed by atoms with E-state index in [1.54, 1.807) is 7.11 Å². The Hall–Kier alpha value is -1.85. The van der Waals surface area contributed by atoms with Crippen molar-refractivity contribution in [1.82, 2.24) is 4.72 Å². The second kappa shape index (κ2) is 7.18.